The highest BCUT2D eigenvalue weighted by Gasteiger charge is 2.22. The van der Waals surface area contributed by atoms with Gasteiger partial charge in [0.2, 0.25) is 5.91 Å². The lowest BCUT2D eigenvalue weighted by Crippen LogP contribution is -2.41. The Hall–Kier alpha value is -4.40. The van der Waals surface area contributed by atoms with Crippen LogP contribution in [0.2, 0.25) is 0 Å². The normalized spacial score (nSPS) is 11.8. The Labute approximate surface area is 254 Å². The van der Waals surface area contributed by atoms with Crippen LogP contribution in [-0.4, -0.2) is 42.1 Å². The summed E-state index contributed by atoms with van der Waals surface area (Å²) in [6.07, 6.45) is 6.53. The lowest BCUT2D eigenvalue weighted by molar-refractivity contribution is -0.149. The van der Waals surface area contributed by atoms with E-state index in [9.17, 15) is 19.2 Å². The van der Waals surface area contributed by atoms with Crippen LogP contribution < -0.4 is 15.4 Å². The van der Waals surface area contributed by atoms with Crippen molar-refractivity contribution in [2.45, 2.75) is 85.5 Å². The van der Waals surface area contributed by atoms with Gasteiger partial charge in [0.1, 0.15) is 24.0 Å². The van der Waals surface area contributed by atoms with E-state index in [-0.39, 0.29) is 6.61 Å². The van der Waals surface area contributed by atoms with Crippen LogP contribution in [0.25, 0.3) is 6.08 Å². The van der Waals surface area contributed by atoms with Crippen LogP contribution in [0.5, 0.6) is 5.75 Å². The number of alkyl carbamates (subject to hydrolysis) is 1. The zero-order valence-corrected chi connectivity index (χ0v) is 26.0. The number of hydrogen-bond acceptors (Lipinski definition) is 7. The smallest absolute Gasteiger partial charge is 0.407 e. The fourth-order valence-corrected chi connectivity index (χ4v) is 3.88. The fraction of sp³-hybridized carbons (Fsp3) is 0.412. The topological polar surface area (TPSA) is 120 Å². The van der Waals surface area contributed by atoms with Crippen molar-refractivity contribution in [3.63, 3.8) is 0 Å². The van der Waals surface area contributed by atoms with E-state index in [0.29, 0.717) is 38.0 Å². The number of benzene rings is 2. The molecule has 2 aromatic rings. The maximum absolute atomic E-state index is 13.0. The quantitative estimate of drug-likeness (QED) is 0.0900. The molecule has 9 nitrogen and oxygen atoms in total. The Balaban J connectivity index is 2.05. The molecule has 1 atom stereocenters. The second-order valence-electron chi connectivity index (χ2n) is 11.4. The molecule has 232 valence electrons. The molecule has 0 aliphatic rings. The maximum atomic E-state index is 13.0. The van der Waals surface area contributed by atoms with E-state index in [1.165, 1.54) is 13.0 Å². The number of hydrogen-bond donors (Lipinski definition) is 2. The van der Waals surface area contributed by atoms with Crippen molar-refractivity contribution in [1.29, 1.82) is 0 Å². The highest BCUT2D eigenvalue weighted by atomic mass is 16.6. The Kier molecular flexibility index (Phi) is 14.2. The van der Waals surface area contributed by atoms with Crippen LogP contribution in [0.3, 0.4) is 0 Å². The van der Waals surface area contributed by atoms with E-state index in [1.807, 2.05) is 56.3 Å². The van der Waals surface area contributed by atoms with Crippen molar-refractivity contribution in [3.05, 3.63) is 82.9 Å². The van der Waals surface area contributed by atoms with Gasteiger partial charge in [0, 0.05) is 19.5 Å². The first-order valence-corrected chi connectivity index (χ1v) is 14.4. The van der Waals surface area contributed by atoms with Gasteiger partial charge in [0.05, 0.1) is 0 Å². The maximum Gasteiger partial charge on any atom is 0.407 e. The predicted octanol–water partition coefficient (Wildman–Crippen LogP) is 6.06. The van der Waals surface area contributed by atoms with Crippen molar-refractivity contribution in [3.8, 4) is 5.75 Å². The summed E-state index contributed by atoms with van der Waals surface area (Å²) in [7, 11) is 0. The summed E-state index contributed by atoms with van der Waals surface area (Å²) in [5.41, 5.74) is 2.91. The minimum Gasteiger partial charge on any atom is -0.459 e. The Bertz CT molecular complexity index is 1290. The van der Waals surface area contributed by atoms with Crippen molar-refractivity contribution in [2.24, 2.45) is 0 Å². The Morgan fingerprint density at radius 3 is 2.33 bits per heavy atom. The molecule has 0 radical (unpaired) electrons. The van der Waals surface area contributed by atoms with Crippen LogP contribution >= 0.6 is 0 Å². The number of ether oxygens (including phenoxy) is 3. The molecule has 0 heterocycles. The van der Waals surface area contributed by atoms with Gasteiger partial charge in [-0.1, -0.05) is 48.0 Å². The molecule has 0 fully saturated rings. The van der Waals surface area contributed by atoms with E-state index < -0.39 is 35.6 Å². The van der Waals surface area contributed by atoms with Gasteiger partial charge in [-0.05, 0) is 95.2 Å². The van der Waals surface area contributed by atoms with Crippen molar-refractivity contribution < 1.29 is 33.4 Å². The molecule has 0 bridgehead atoms. The number of allylic oxidation sites excluding steroid dienone is 2. The molecule has 0 aromatic heterocycles. The number of carbonyl (C=O) groups excluding carboxylic acids is 4. The number of rotatable bonds is 14. The number of amides is 2. The van der Waals surface area contributed by atoms with Crippen LogP contribution in [0.15, 0.2) is 66.3 Å². The molecule has 0 aliphatic heterocycles. The van der Waals surface area contributed by atoms with Gasteiger partial charge in [-0.2, -0.15) is 0 Å². The monoisotopic (exact) mass is 592 g/mol. The molecule has 2 aromatic carbocycles. The summed E-state index contributed by atoms with van der Waals surface area (Å²) in [4.78, 5) is 49.2. The first kappa shape index (κ1) is 34.8. The lowest BCUT2D eigenvalue weighted by Gasteiger charge is -2.20. The molecule has 2 N–H and O–H groups in total. The molecule has 2 amide bonds. The third-order valence-corrected chi connectivity index (χ3v) is 5.91. The summed E-state index contributed by atoms with van der Waals surface area (Å²) >= 11 is 0. The SMILES string of the molecule is CC(=O)Oc1ccc(/C=C/C(=O)N[C@@H](CCCCNC(=O)OC(C)(C)C)C(=O)OCc2ccccc2)cc1CC=C(C)C. The lowest BCUT2D eigenvalue weighted by atomic mass is 10.0. The molecule has 43 heavy (non-hydrogen) atoms. The molecule has 9 heteroatoms. The molecule has 2 rings (SSSR count). The van der Waals surface area contributed by atoms with Crippen molar-refractivity contribution in [1.82, 2.24) is 10.6 Å². The van der Waals surface area contributed by atoms with Gasteiger partial charge in [-0.15, -0.1) is 0 Å². The molecule has 0 saturated carbocycles. The third kappa shape index (κ3) is 14.9. The second-order valence-corrected chi connectivity index (χ2v) is 11.4. The Morgan fingerprint density at radius 2 is 1.67 bits per heavy atom. The molecule has 0 aliphatic carbocycles. The van der Waals surface area contributed by atoms with Crippen LogP contribution in [0.1, 0.15) is 77.5 Å². The summed E-state index contributed by atoms with van der Waals surface area (Å²) in [6, 6.07) is 13.7. The minimum atomic E-state index is -0.873. The van der Waals surface area contributed by atoms with Gasteiger partial charge in [0.25, 0.3) is 0 Å². The summed E-state index contributed by atoms with van der Waals surface area (Å²) in [6.45, 7) is 11.1. The van der Waals surface area contributed by atoms with E-state index in [4.69, 9.17) is 14.2 Å². The van der Waals surface area contributed by atoms with Crippen LogP contribution in [0.4, 0.5) is 4.79 Å². The third-order valence-electron chi connectivity index (χ3n) is 5.91. The number of nitrogens with one attached hydrogen (secondary N) is 2. The number of esters is 2. The van der Waals surface area contributed by atoms with E-state index >= 15 is 0 Å². The molecule has 0 saturated heterocycles. The average molecular weight is 593 g/mol. The van der Waals surface area contributed by atoms with Gasteiger partial charge in [-0.25, -0.2) is 9.59 Å². The van der Waals surface area contributed by atoms with Gasteiger partial charge >= 0.3 is 18.0 Å². The molecular weight excluding hydrogens is 548 g/mol. The van der Waals surface area contributed by atoms with Gasteiger partial charge in [0.15, 0.2) is 0 Å². The minimum absolute atomic E-state index is 0.0885. The first-order chi connectivity index (χ1) is 20.3. The number of carbonyl (C=O) groups is 4. The van der Waals surface area contributed by atoms with Crippen molar-refractivity contribution in [2.75, 3.05) is 6.54 Å². The van der Waals surface area contributed by atoms with E-state index in [1.54, 1.807) is 39.0 Å². The predicted molar refractivity (Wildman–Crippen MR) is 166 cm³/mol. The van der Waals surface area contributed by atoms with E-state index in [2.05, 4.69) is 10.6 Å². The highest BCUT2D eigenvalue weighted by Crippen LogP contribution is 2.23. The van der Waals surface area contributed by atoms with E-state index in [0.717, 1.165) is 22.3 Å². The van der Waals surface area contributed by atoms with Gasteiger partial charge < -0.3 is 24.8 Å². The molecule has 0 spiro atoms. The summed E-state index contributed by atoms with van der Waals surface area (Å²) in [5, 5.41) is 5.45. The van der Waals surface area contributed by atoms with Crippen LogP contribution in [-0.2, 0) is 36.9 Å². The van der Waals surface area contributed by atoms with Crippen molar-refractivity contribution >= 4 is 30.0 Å². The zero-order chi connectivity index (χ0) is 31.8. The van der Waals surface area contributed by atoms with Crippen LogP contribution in [0, 0.1) is 0 Å². The largest absolute Gasteiger partial charge is 0.459 e. The number of unbranched alkanes of at least 4 members (excludes halogenated alkanes) is 1. The fourth-order valence-electron chi connectivity index (χ4n) is 3.88. The second kappa shape index (κ2) is 17.5. The summed E-state index contributed by atoms with van der Waals surface area (Å²) in [5.74, 6) is -0.940. The highest BCUT2D eigenvalue weighted by molar-refractivity contribution is 5.94. The molecular formula is C34H44N2O7. The standard InChI is InChI=1S/C34H44N2O7/c1-24(2)15-18-28-22-26(16-19-30(28)42-25(3)37)17-20-31(38)36-29(32(39)41-23-27-12-8-7-9-13-27)14-10-11-21-35-33(40)43-34(4,5)6/h7-9,12-13,15-17,19-20,22,29H,10-11,14,18,21,23H2,1-6H3,(H,35,40)(H,36,38)/b20-17+/t29-/m0/s1. The van der Waals surface area contributed by atoms with Gasteiger partial charge in [-0.3, -0.25) is 9.59 Å². The average Bonchev–Trinajstić information content (AvgIpc) is 2.93. The Morgan fingerprint density at radius 1 is 0.953 bits per heavy atom. The zero-order valence-electron chi connectivity index (χ0n) is 26.0. The first-order valence-electron chi connectivity index (χ1n) is 14.4. The summed E-state index contributed by atoms with van der Waals surface area (Å²) < 4.78 is 16.1. The molecule has 0 unspecified atom stereocenters.